The van der Waals surface area contributed by atoms with Crippen molar-refractivity contribution >= 4 is 5.91 Å². The number of hydrogen-bond acceptors (Lipinski definition) is 1. The number of allylic oxidation sites excluding steroid dienone is 3. The first-order valence-corrected chi connectivity index (χ1v) is 8.01. The van der Waals surface area contributed by atoms with Gasteiger partial charge in [0.05, 0.1) is 6.04 Å². The van der Waals surface area contributed by atoms with Gasteiger partial charge in [-0.05, 0) is 55.2 Å². The summed E-state index contributed by atoms with van der Waals surface area (Å²) in [6, 6.07) is 0.184. The van der Waals surface area contributed by atoms with Crippen LogP contribution in [-0.4, -0.2) is 11.9 Å². The van der Waals surface area contributed by atoms with E-state index < -0.39 is 0 Å². The highest BCUT2D eigenvalue weighted by Gasteiger charge is 2.24. The largest absolute Gasteiger partial charge is 0.350 e. The molecule has 0 aliphatic heterocycles. The topological polar surface area (TPSA) is 29.1 Å². The summed E-state index contributed by atoms with van der Waals surface area (Å²) in [5.74, 6) is 2.69. The summed E-state index contributed by atoms with van der Waals surface area (Å²) in [6.45, 7) is 8.77. The smallest absolute Gasteiger partial charge is 0.220 e. The van der Waals surface area contributed by atoms with Gasteiger partial charge in [-0.1, -0.05) is 39.2 Å². The van der Waals surface area contributed by atoms with Crippen LogP contribution in [0.2, 0.25) is 0 Å². The monoisotopic (exact) mass is 287 g/mol. The van der Waals surface area contributed by atoms with E-state index in [0.29, 0.717) is 6.42 Å². The minimum absolute atomic E-state index is 0.172. The quantitative estimate of drug-likeness (QED) is 0.692. The molecule has 1 aliphatic carbocycles. The highest BCUT2D eigenvalue weighted by Crippen LogP contribution is 2.29. The van der Waals surface area contributed by atoms with Crippen molar-refractivity contribution in [2.45, 2.75) is 72.3 Å². The Morgan fingerprint density at radius 1 is 1.48 bits per heavy atom. The molecular weight excluding hydrogens is 258 g/mol. The van der Waals surface area contributed by atoms with Gasteiger partial charge in [0.15, 0.2) is 0 Å². The zero-order chi connectivity index (χ0) is 15.9. The standard InChI is InChI=1S/C19H29NO/c1-6-8-9-16-10-11-17(15(16)3)20-18(21)12-14-19(4,5)13-7-2/h1,8-9,17H,7,10-14H2,2-5H3,(H,20,21)/b9-8-. The van der Waals surface area contributed by atoms with E-state index in [4.69, 9.17) is 6.42 Å². The number of hydrogen-bond donors (Lipinski definition) is 1. The Hall–Kier alpha value is -1.49. The van der Waals surface area contributed by atoms with Crippen LogP contribution in [0.25, 0.3) is 0 Å². The van der Waals surface area contributed by atoms with Crippen LogP contribution >= 0.6 is 0 Å². The molecule has 0 saturated heterocycles. The second-order valence-electron chi connectivity index (χ2n) is 6.78. The predicted octanol–water partition coefficient (Wildman–Crippen LogP) is 4.38. The minimum Gasteiger partial charge on any atom is -0.350 e. The lowest BCUT2D eigenvalue weighted by Gasteiger charge is -2.24. The number of nitrogens with one attached hydrogen (secondary N) is 1. The minimum atomic E-state index is 0.172. The fourth-order valence-electron chi connectivity index (χ4n) is 3.00. The van der Waals surface area contributed by atoms with Crippen LogP contribution < -0.4 is 5.32 Å². The summed E-state index contributed by atoms with van der Waals surface area (Å²) in [6.07, 6.45) is 14.9. The molecule has 0 aromatic heterocycles. The van der Waals surface area contributed by atoms with E-state index in [9.17, 15) is 4.79 Å². The predicted molar refractivity (Wildman–Crippen MR) is 89.8 cm³/mol. The van der Waals surface area contributed by atoms with Gasteiger partial charge < -0.3 is 5.32 Å². The molecule has 1 unspecified atom stereocenters. The molecule has 0 fully saturated rings. The maximum atomic E-state index is 12.1. The average molecular weight is 287 g/mol. The Kier molecular flexibility index (Phi) is 6.75. The maximum Gasteiger partial charge on any atom is 0.220 e. The third kappa shape index (κ3) is 5.79. The Balaban J connectivity index is 2.48. The number of carbonyl (C=O) groups is 1. The highest BCUT2D eigenvalue weighted by molar-refractivity contribution is 5.76. The number of terminal acetylenes is 1. The molecule has 1 aliphatic rings. The van der Waals surface area contributed by atoms with Crippen molar-refractivity contribution in [3.8, 4) is 12.3 Å². The van der Waals surface area contributed by atoms with Gasteiger partial charge in [-0.3, -0.25) is 4.79 Å². The Labute approximate surface area is 130 Å². The van der Waals surface area contributed by atoms with Gasteiger partial charge in [-0.15, -0.1) is 6.42 Å². The van der Waals surface area contributed by atoms with Crippen molar-refractivity contribution in [3.05, 3.63) is 23.3 Å². The molecule has 0 bridgehead atoms. The van der Waals surface area contributed by atoms with E-state index in [1.54, 1.807) is 6.08 Å². The molecule has 2 nitrogen and oxygen atoms in total. The summed E-state index contributed by atoms with van der Waals surface area (Å²) >= 11 is 0. The van der Waals surface area contributed by atoms with E-state index >= 15 is 0 Å². The lowest BCUT2D eigenvalue weighted by molar-refractivity contribution is -0.122. The second-order valence-corrected chi connectivity index (χ2v) is 6.78. The lowest BCUT2D eigenvalue weighted by Crippen LogP contribution is -2.34. The van der Waals surface area contributed by atoms with Gasteiger partial charge in [-0.25, -0.2) is 0 Å². The molecule has 1 amide bonds. The van der Waals surface area contributed by atoms with Gasteiger partial charge in [-0.2, -0.15) is 0 Å². The summed E-state index contributed by atoms with van der Waals surface area (Å²) in [4.78, 5) is 12.1. The molecule has 2 heteroatoms. The first-order valence-electron chi connectivity index (χ1n) is 8.01. The van der Waals surface area contributed by atoms with Crippen molar-refractivity contribution in [1.82, 2.24) is 5.32 Å². The third-order valence-electron chi connectivity index (χ3n) is 4.40. The van der Waals surface area contributed by atoms with E-state index in [2.05, 4.69) is 38.9 Å². The van der Waals surface area contributed by atoms with Gasteiger partial charge in [0.25, 0.3) is 0 Å². The summed E-state index contributed by atoms with van der Waals surface area (Å²) in [7, 11) is 0. The molecule has 1 atom stereocenters. The van der Waals surface area contributed by atoms with E-state index in [1.807, 2.05) is 6.08 Å². The van der Waals surface area contributed by atoms with Crippen LogP contribution in [0.3, 0.4) is 0 Å². The molecule has 21 heavy (non-hydrogen) atoms. The zero-order valence-electron chi connectivity index (χ0n) is 14.0. The number of carbonyl (C=O) groups excluding carboxylic acids is 1. The Bertz CT molecular complexity index is 462. The molecule has 1 rings (SSSR count). The molecule has 1 N–H and O–H groups in total. The number of amides is 1. The third-order valence-corrected chi connectivity index (χ3v) is 4.40. The first-order chi connectivity index (χ1) is 9.89. The van der Waals surface area contributed by atoms with Crippen molar-refractivity contribution in [1.29, 1.82) is 0 Å². The number of rotatable bonds is 7. The van der Waals surface area contributed by atoms with Crippen molar-refractivity contribution in [2.75, 3.05) is 0 Å². The fourth-order valence-corrected chi connectivity index (χ4v) is 3.00. The van der Waals surface area contributed by atoms with Crippen LogP contribution in [0.1, 0.15) is 66.2 Å². The molecule has 0 spiro atoms. The fraction of sp³-hybridized carbons (Fsp3) is 0.632. The summed E-state index contributed by atoms with van der Waals surface area (Å²) < 4.78 is 0. The average Bonchev–Trinajstić information content (AvgIpc) is 2.75. The van der Waals surface area contributed by atoms with Crippen molar-refractivity contribution < 1.29 is 4.79 Å². The molecule has 0 radical (unpaired) electrons. The summed E-state index contributed by atoms with van der Waals surface area (Å²) in [5.41, 5.74) is 2.78. The second kappa shape index (κ2) is 8.08. The first kappa shape index (κ1) is 17.6. The van der Waals surface area contributed by atoms with E-state index in [-0.39, 0.29) is 17.4 Å². The summed E-state index contributed by atoms with van der Waals surface area (Å²) in [5, 5.41) is 3.17. The molecule has 0 saturated carbocycles. The SMILES string of the molecule is C#C/C=C\C1=C(C)C(NC(=O)CCC(C)(C)CCC)CC1. The van der Waals surface area contributed by atoms with E-state index in [0.717, 1.165) is 19.3 Å². The highest BCUT2D eigenvalue weighted by atomic mass is 16.1. The van der Waals surface area contributed by atoms with Crippen LogP contribution in [0.15, 0.2) is 23.3 Å². The van der Waals surface area contributed by atoms with Crippen LogP contribution in [0.5, 0.6) is 0 Å². The molecular formula is C19H29NO. The zero-order valence-corrected chi connectivity index (χ0v) is 14.0. The van der Waals surface area contributed by atoms with E-state index in [1.165, 1.54) is 24.0 Å². The normalized spacial score (nSPS) is 19.1. The van der Waals surface area contributed by atoms with Gasteiger partial charge in [0, 0.05) is 6.42 Å². The lowest BCUT2D eigenvalue weighted by atomic mass is 9.83. The Morgan fingerprint density at radius 2 is 2.19 bits per heavy atom. The molecule has 0 heterocycles. The van der Waals surface area contributed by atoms with Crippen LogP contribution in [-0.2, 0) is 4.79 Å². The van der Waals surface area contributed by atoms with Crippen LogP contribution in [0.4, 0.5) is 0 Å². The van der Waals surface area contributed by atoms with Crippen LogP contribution in [0, 0.1) is 17.8 Å². The molecule has 116 valence electrons. The molecule has 0 aromatic rings. The molecule has 0 aromatic carbocycles. The maximum absolute atomic E-state index is 12.1. The van der Waals surface area contributed by atoms with Crippen molar-refractivity contribution in [2.24, 2.45) is 5.41 Å². The van der Waals surface area contributed by atoms with Crippen molar-refractivity contribution in [3.63, 3.8) is 0 Å². The van der Waals surface area contributed by atoms with Gasteiger partial charge in [0.1, 0.15) is 0 Å². The van der Waals surface area contributed by atoms with Gasteiger partial charge in [0.2, 0.25) is 5.91 Å². The van der Waals surface area contributed by atoms with Gasteiger partial charge >= 0.3 is 0 Å². The Morgan fingerprint density at radius 3 is 2.81 bits per heavy atom.